The first kappa shape index (κ1) is 13.0. The summed E-state index contributed by atoms with van der Waals surface area (Å²) in [7, 11) is 0. The number of rotatable bonds is 7. The molecule has 2 N–H and O–H groups in total. The molecule has 5 heteroatoms. The molecule has 0 atom stereocenters. The van der Waals surface area contributed by atoms with Crippen LogP contribution in [0, 0.1) is 0 Å². The molecule has 1 rings (SSSR count). The van der Waals surface area contributed by atoms with Gasteiger partial charge in [-0.3, -0.25) is 9.59 Å². The number of amides is 1. The van der Waals surface area contributed by atoms with Gasteiger partial charge in [0, 0.05) is 12.5 Å². The van der Waals surface area contributed by atoms with E-state index in [9.17, 15) is 9.59 Å². The summed E-state index contributed by atoms with van der Waals surface area (Å²) >= 11 is 0. The van der Waals surface area contributed by atoms with Crippen LogP contribution in [0.15, 0.2) is 0 Å². The van der Waals surface area contributed by atoms with E-state index < -0.39 is 0 Å². The molecule has 1 aliphatic carbocycles. The second-order valence-corrected chi connectivity index (χ2v) is 3.95. The van der Waals surface area contributed by atoms with Gasteiger partial charge in [0.05, 0.1) is 6.61 Å². The summed E-state index contributed by atoms with van der Waals surface area (Å²) in [5.41, 5.74) is 5.36. The van der Waals surface area contributed by atoms with Crippen LogP contribution in [0.2, 0.25) is 0 Å². The van der Waals surface area contributed by atoms with Gasteiger partial charge in [0.1, 0.15) is 6.54 Å². The van der Waals surface area contributed by atoms with Crippen LogP contribution in [0.25, 0.3) is 0 Å². The molecule has 0 aromatic rings. The minimum Gasteiger partial charge on any atom is -0.465 e. The Labute approximate surface area is 95.9 Å². The average Bonchev–Trinajstić information content (AvgIpc) is 3.06. The van der Waals surface area contributed by atoms with Crippen LogP contribution in [0.5, 0.6) is 0 Å². The summed E-state index contributed by atoms with van der Waals surface area (Å²) < 4.78 is 4.85. The first-order valence-corrected chi connectivity index (χ1v) is 5.84. The summed E-state index contributed by atoms with van der Waals surface area (Å²) in [6, 6.07) is 0.245. The monoisotopic (exact) mass is 228 g/mol. The highest BCUT2D eigenvalue weighted by atomic mass is 16.5. The van der Waals surface area contributed by atoms with E-state index in [2.05, 4.69) is 0 Å². The van der Waals surface area contributed by atoms with Crippen LogP contribution in [-0.4, -0.2) is 42.5 Å². The minimum atomic E-state index is -0.324. The molecule has 0 aromatic carbocycles. The predicted molar refractivity (Wildman–Crippen MR) is 59.7 cm³/mol. The number of carbonyl (C=O) groups is 2. The Morgan fingerprint density at radius 2 is 2.12 bits per heavy atom. The van der Waals surface area contributed by atoms with Gasteiger partial charge in [0.15, 0.2) is 0 Å². The van der Waals surface area contributed by atoms with E-state index in [1.165, 1.54) is 0 Å². The van der Waals surface area contributed by atoms with Crippen LogP contribution in [0.1, 0.15) is 32.6 Å². The van der Waals surface area contributed by atoms with Gasteiger partial charge in [0.25, 0.3) is 0 Å². The highest BCUT2D eigenvalue weighted by molar-refractivity contribution is 5.82. The van der Waals surface area contributed by atoms with Crippen molar-refractivity contribution in [2.24, 2.45) is 5.73 Å². The second kappa shape index (κ2) is 6.48. The Morgan fingerprint density at radius 3 is 2.62 bits per heavy atom. The van der Waals surface area contributed by atoms with Gasteiger partial charge in [-0.25, -0.2) is 0 Å². The van der Waals surface area contributed by atoms with Gasteiger partial charge < -0.3 is 15.4 Å². The number of carbonyl (C=O) groups excluding carboxylic acids is 2. The molecule has 1 fully saturated rings. The molecule has 0 heterocycles. The molecule has 0 bridgehead atoms. The van der Waals surface area contributed by atoms with Crippen molar-refractivity contribution in [3.8, 4) is 0 Å². The number of nitrogens with zero attached hydrogens (tertiary/aromatic N) is 1. The fraction of sp³-hybridized carbons (Fsp3) is 0.818. The largest absolute Gasteiger partial charge is 0.465 e. The lowest BCUT2D eigenvalue weighted by Gasteiger charge is -2.21. The molecule has 0 aliphatic heterocycles. The zero-order valence-electron chi connectivity index (χ0n) is 9.78. The maximum absolute atomic E-state index is 11.8. The summed E-state index contributed by atoms with van der Waals surface area (Å²) in [5, 5.41) is 0. The SMILES string of the molecule is CCOC(=O)CN(C(=O)CCCN)C1CC1. The van der Waals surface area contributed by atoms with Crippen LogP contribution in [-0.2, 0) is 14.3 Å². The molecule has 0 aromatic heterocycles. The first-order chi connectivity index (χ1) is 7.69. The number of hydrogen-bond acceptors (Lipinski definition) is 4. The summed E-state index contributed by atoms with van der Waals surface area (Å²) in [6.07, 6.45) is 3.08. The molecular formula is C11H20N2O3. The fourth-order valence-electron chi connectivity index (χ4n) is 1.55. The minimum absolute atomic E-state index is 0.0148. The van der Waals surface area contributed by atoms with Gasteiger partial charge in [-0.2, -0.15) is 0 Å². The normalized spacial score (nSPS) is 14.6. The second-order valence-electron chi connectivity index (χ2n) is 3.95. The molecule has 16 heavy (non-hydrogen) atoms. The molecule has 5 nitrogen and oxygen atoms in total. The number of nitrogens with two attached hydrogens (primary N) is 1. The fourth-order valence-corrected chi connectivity index (χ4v) is 1.55. The van der Waals surface area contributed by atoms with E-state index in [1.807, 2.05) is 0 Å². The smallest absolute Gasteiger partial charge is 0.325 e. The lowest BCUT2D eigenvalue weighted by Crippen LogP contribution is -2.38. The average molecular weight is 228 g/mol. The molecule has 1 amide bonds. The van der Waals surface area contributed by atoms with Crippen LogP contribution in [0.3, 0.4) is 0 Å². The first-order valence-electron chi connectivity index (χ1n) is 5.84. The lowest BCUT2D eigenvalue weighted by atomic mass is 10.2. The van der Waals surface area contributed by atoms with Crippen molar-refractivity contribution >= 4 is 11.9 Å². The molecule has 1 saturated carbocycles. The number of hydrogen-bond donors (Lipinski definition) is 1. The molecule has 0 saturated heterocycles. The van der Waals surface area contributed by atoms with Crippen molar-refractivity contribution in [2.75, 3.05) is 19.7 Å². The van der Waals surface area contributed by atoms with E-state index in [-0.39, 0.29) is 24.5 Å². The Kier molecular flexibility index (Phi) is 5.25. The Bertz CT molecular complexity index is 252. The van der Waals surface area contributed by atoms with Crippen molar-refractivity contribution in [1.82, 2.24) is 4.90 Å². The third kappa shape index (κ3) is 4.18. The third-order valence-electron chi connectivity index (χ3n) is 2.51. The lowest BCUT2D eigenvalue weighted by molar-refractivity contribution is -0.149. The maximum Gasteiger partial charge on any atom is 0.325 e. The standard InChI is InChI=1S/C11H20N2O3/c1-2-16-11(15)8-13(9-5-6-9)10(14)4-3-7-12/h9H,2-8,12H2,1H3. The molecule has 0 spiro atoms. The van der Waals surface area contributed by atoms with Gasteiger partial charge in [-0.15, -0.1) is 0 Å². The van der Waals surface area contributed by atoms with Crippen molar-refractivity contribution < 1.29 is 14.3 Å². The Morgan fingerprint density at radius 1 is 1.44 bits per heavy atom. The van der Waals surface area contributed by atoms with Crippen LogP contribution < -0.4 is 5.73 Å². The van der Waals surface area contributed by atoms with Gasteiger partial charge in [0.2, 0.25) is 5.91 Å². The summed E-state index contributed by atoms with van der Waals surface area (Å²) in [6.45, 7) is 2.70. The summed E-state index contributed by atoms with van der Waals surface area (Å²) in [5.74, 6) is -0.309. The van der Waals surface area contributed by atoms with Gasteiger partial charge in [-0.05, 0) is 32.7 Å². The molecule has 92 valence electrons. The van der Waals surface area contributed by atoms with Crippen LogP contribution >= 0.6 is 0 Å². The van der Waals surface area contributed by atoms with Gasteiger partial charge >= 0.3 is 5.97 Å². The number of ether oxygens (including phenoxy) is 1. The van der Waals surface area contributed by atoms with Crippen molar-refractivity contribution in [2.45, 2.75) is 38.6 Å². The molecular weight excluding hydrogens is 208 g/mol. The van der Waals surface area contributed by atoms with E-state index in [1.54, 1.807) is 11.8 Å². The predicted octanol–water partition coefficient (Wildman–Crippen LogP) is 0.279. The molecule has 1 aliphatic rings. The maximum atomic E-state index is 11.8. The van der Waals surface area contributed by atoms with Crippen molar-refractivity contribution in [1.29, 1.82) is 0 Å². The van der Waals surface area contributed by atoms with Gasteiger partial charge in [-0.1, -0.05) is 0 Å². The third-order valence-corrected chi connectivity index (χ3v) is 2.51. The van der Waals surface area contributed by atoms with E-state index in [0.29, 0.717) is 26.0 Å². The Balaban J connectivity index is 2.40. The topological polar surface area (TPSA) is 72.6 Å². The highest BCUT2D eigenvalue weighted by Gasteiger charge is 2.33. The van der Waals surface area contributed by atoms with E-state index in [0.717, 1.165) is 12.8 Å². The summed E-state index contributed by atoms with van der Waals surface area (Å²) in [4.78, 5) is 24.7. The van der Waals surface area contributed by atoms with E-state index in [4.69, 9.17) is 10.5 Å². The molecule has 0 unspecified atom stereocenters. The Hall–Kier alpha value is -1.10. The van der Waals surface area contributed by atoms with E-state index >= 15 is 0 Å². The quantitative estimate of drug-likeness (QED) is 0.635. The molecule has 0 radical (unpaired) electrons. The van der Waals surface area contributed by atoms with Crippen molar-refractivity contribution in [3.63, 3.8) is 0 Å². The highest BCUT2D eigenvalue weighted by Crippen LogP contribution is 2.27. The van der Waals surface area contributed by atoms with Crippen molar-refractivity contribution in [3.05, 3.63) is 0 Å². The zero-order chi connectivity index (χ0) is 12.0. The number of esters is 1. The van der Waals surface area contributed by atoms with Crippen LogP contribution in [0.4, 0.5) is 0 Å². The zero-order valence-corrected chi connectivity index (χ0v) is 9.78.